The molecule has 0 atom stereocenters. The van der Waals surface area contributed by atoms with Crippen LogP contribution in [0.15, 0.2) is 18.2 Å². The zero-order valence-corrected chi connectivity index (χ0v) is 12.9. The monoisotopic (exact) mass is 305 g/mol. The van der Waals surface area contributed by atoms with E-state index >= 15 is 0 Å². The summed E-state index contributed by atoms with van der Waals surface area (Å²) in [7, 11) is 0. The normalized spacial score (nSPS) is 13.7. The molecule has 0 aromatic heterocycles. The molecule has 1 aromatic carbocycles. The van der Waals surface area contributed by atoms with Crippen molar-refractivity contribution in [3.63, 3.8) is 0 Å². The van der Waals surface area contributed by atoms with Gasteiger partial charge in [0.15, 0.2) is 0 Å². The smallest absolute Gasteiger partial charge is 0.293 e. The highest BCUT2D eigenvalue weighted by Gasteiger charge is 2.25. The van der Waals surface area contributed by atoms with Gasteiger partial charge in [0.1, 0.15) is 5.69 Å². The van der Waals surface area contributed by atoms with Crippen LogP contribution in [0.25, 0.3) is 0 Å². The lowest BCUT2D eigenvalue weighted by Gasteiger charge is -2.09. The van der Waals surface area contributed by atoms with E-state index < -0.39 is 4.92 Å². The molecule has 1 aromatic rings. The van der Waals surface area contributed by atoms with E-state index in [4.69, 9.17) is 0 Å². The van der Waals surface area contributed by atoms with Crippen molar-refractivity contribution in [1.29, 1.82) is 0 Å². The molecule has 1 fully saturated rings. The summed E-state index contributed by atoms with van der Waals surface area (Å²) in [4.78, 5) is 22.7. The second-order valence-corrected chi connectivity index (χ2v) is 5.72. The lowest BCUT2D eigenvalue weighted by Crippen LogP contribution is -2.25. The van der Waals surface area contributed by atoms with Gasteiger partial charge in [-0.15, -0.1) is 0 Å². The fourth-order valence-electron chi connectivity index (χ4n) is 2.24. The number of hydrogen-bond acceptors (Lipinski definition) is 4. The first kappa shape index (κ1) is 16.3. The van der Waals surface area contributed by atoms with E-state index in [9.17, 15) is 14.9 Å². The van der Waals surface area contributed by atoms with Crippen molar-refractivity contribution < 1.29 is 9.72 Å². The zero-order chi connectivity index (χ0) is 15.9. The first-order valence-corrected chi connectivity index (χ1v) is 7.95. The Morgan fingerprint density at radius 1 is 1.32 bits per heavy atom. The molecule has 1 aliphatic rings. The average molecular weight is 305 g/mol. The number of hydrogen-bond donors (Lipinski definition) is 2. The molecular weight excluding hydrogens is 282 g/mol. The number of nitrogens with zero attached hydrogens (tertiary/aromatic N) is 1. The van der Waals surface area contributed by atoms with Gasteiger partial charge in [-0.1, -0.05) is 26.2 Å². The highest BCUT2D eigenvalue weighted by molar-refractivity contribution is 5.96. The molecule has 2 rings (SSSR count). The molecule has 0 spiro atoms. The molecule has 6 heteroatoms. The van der Waals surface area contributed by atoms with E-state index in [0.29, 0.717) is 17.8 Å². The predicted octanol–water partition coefficient (Wildman–Crippen LogP) is 3.48. The van der Waals surface area contributed by atoms with Crippen LogP contribution in [0.3, 0.4) is 0 Å². The third-order valence-corrected chi connectivity index (χ3v) is 3.71. The van der Waals surface area contributed by atoms with Gasteiger partial charge < -0.3 is 10.6 Å². The van der Waals surface area contributed by atoms with Gasteiger partial charge >= 0.3 is 0 Å². The Morgan fingerprint density at radius 3 is 2.73 bits per heavy atom. The highest BCUT2D eigenvalue weighted by atomic mass is 16.6. The quantitative estimate of drug-likeness (QED) is 0.415. The molecule has 0 saturated heterocycles. The Bertz CT molecular complexity index is 541. The predicted molar refractivity (Wildman–Crippen MR) is 86.2 cm³/mol. The van der Waals surface area contributed by atoms with Gasteiger partial charge in [-0.2, -0.15) is 0 Å². The molecule has 2 N–H and O–H groups in total. The summed E-state index contributed by atoms with van der Waals surface area (Å²) in [5.74, 6) is -0.236. The number of rotatable bonds is 9. The topological polar surface area (TPSA) is 84.3 Å². The number of carbonyl (C=O) groups is 1. The largest absolute Gasteiger partial charge is 0.379 e. The molecular formula is C16H23N3O3. The number of nitrogens with one attached hydrogen (secondary N) is 2. The number of carbonyl (C=O) groups excluding carboxylic acids is 1. The first-order valence-electron chi connectivity index (χ1n) is 7.95. The SMILES string of the molecule is CCCCCCNc1ccc(C(=O)NC2CC2)cc1[N+](=O)[O-]. The van der Waals surface area contributed by atoms with Crippen molar-refractivity contribution in [2.24, 2.45) is 0 Å². The summed E-state index contributed by atoms with van der Waals surface area (Å²) in [5, 5.41) is 17.1. The van der Waals surface area contributed by atoms with Gasteiger partial charge in [0.2, 0.25) is 0 Å². The van der Waals surface area contributed by atoms with Gasteiger partial charge in [0.25, 0.3) is 11.6 Å². The number of unbranched alkanes of at least 4 members (excludes halogenated alkanes) is 3. The number of benzene rings is 1. The van der Waals surface area contributed by atoms with Crippen LogP contribution in [-0.2, 0) is 0 Å². The van der Waals surface area contributed by atoms with Crippen LogP contribution >= 0.6 is 0 Å². The van der Waals surface area contributed by atoms with Crippen LogP contribution in [-0.4, -0.2) is 23.4 Å². The molecule has 1 amide bonds. The number of nitro benzene ring substituents is 1. The molecule has 22 heavy (non-hydrogen) atoms. The zero-order valence-electron chi connectivity index (χ0n) is 12.9. The Balaban J connectivity index is 1.99. The van der Waals surface area contributed by atoms with Crippen LogP contribution in [0.2, 0.25) is 0 Å². The molecule has 0 radical (unpaired) electrons. The van der Waals surface area contributed by atoms with E-state index in [1.807, 2.05) is 0 Å². The average Bonchev–Trinajstić information content (AvgIpc) is 3.30. The van der Waals surface area contributed by atoms with Gasteiger partial charge in [-0.3, -0.25) is 14.9 Å². The summed E-state index contributed by atoms with van der Waals surface area (Å²) >= 11 is 0. The Morgan fingerprint density at radius 2 is 2.09 bits per heavy atom. The third kappa shape index (κ3) is 4.72. The summed E-state index contributed by atoms with van der Waals surface area (Å²) in [6, 6.07) is 4.85. The van der Waals surface area contributed by atoms with Gasteiger partial charge in [-0.25, -0.2) is 0 Å². The summed E-state index contributed by atoms with van der Waals surface area (Å²) in [6.45, 7) is 2.85. The Kier molecular flexibility index (Phi) is 5.75. The van der Waals surface area contributed by atoms with Gasteiger partial charge in [-0.05, 0) is 31.4 Å². The van der Waals surface area contributed by atoms with Crippen molar-refractivity contribution in [2.75, 3.05) is 11.9 Å². The number of amides is 1. The van der Waals surface area contributed by atoms with Gasteiger partial charge in [0.05, 0.1) is 4.92 Å². The lowest BCUT2D eigenvalue weighted by molar-refractivity contribution is -0.384. The minimum atomic E-state index is -0.442. The Labute approximate surface area is 130 Å². The minimum Gasteiger partial charge on any atom is -0.379 e. The molecule has 0 bridgehead atoms. The second kappa shape index (κ2) is 7.77. The highest BCUT2D eigenvalue weighted by Crippen LogP contribution is 2.26. The van der Waals surface area contributed by atoms with Crippen molar-refractivity contribution in [1.82, 2.24) is 5.32 Å². The van der Waals surface area contributed by atoms with E-state index in [1.54, 1.807) is 12.1 Å². The summed E-state index contributed by atoms with van der Waals surface area (Å²) in [5.41, 5.74) is 0.776. The molecule has 1 saturated carbocycles. The summed E-state index contributed by atoms with van der Waals surface area (Å²) in [6.07, 6.45) is 6.40. The van der Waals surface area contributed by atoms with Crippen LogP contribution in [0.5, 0.6) is 0 Å². The van der Waals surface area contributed by atoms with E-state index in [1.165, 1.54) is 12.5 Å². The van der Waals surface area contributed by atoms with Crippen LogP contribution in [0.1, 0.15) is 55.8 Å². The van der Waals surface area contributed by atoms with Crippen molar-refractivity contribution in [2.45, 2.75) is 51.5 Å². The van der Waals surface area contributed by atoms with Crippen molar-refractivity contribution in [3.05, 3.63) is 33.9 Å². The van der Waals surface area contributed by atoms with Crippen LogP contribution < -0.4 is 10.6 Å². The maximum Gasteiger partial charge on any atom is 0.293 e. The van der Waals surface area contributed by atoms with E-state index in [0.717, 1.165) is 32.1 Å². The second-order valence-electron chi connectivity index (χ2n) is 5.72. The van der Waals surface area contributed by atoms with Crippen molar-refractivity contribution >= 4 is 17.3 Å². The van der Waals surface area contributed by atoms with Crippen molar-refractivity contribution in [3.8, 4) is 0 Å². The Hall–Kier alpha value is -2.11. The van der Waals surface area contributed by atoms with E-state index in [2.05, 4.69) is 17.6 Å². The molecule has 1 aliphatic carbocycles. The maximum atomic E-state index is 12.0. The fraction of sp³-hybridized carbons (Fsp3) is 0.562. The van der Waals surface area contributed by atoms with Crippen LogP contribution in [0, 0.1) is 10.1 Å². The molecule has 6 nitrogen and oxygen atoms in total. The maximum absolute atomic E-state index is 12.0. The molecule has 120 valence electrons. The van der Waals surface area contributed by atoms with Crippen LogP contribution in [0.4, 0.5) is 11.4 Å². The first-order chi connectivity index (χ1) is 10.6. The number of nitro groups is 1. The fourth-order valence-corrected chi connectivity index (χ4v) is 2.24. The molecule has 0 aliphatic heterocycles. The molecule has 0 heterocycles. The summed E-state index contributed by atoms with van der Waals surface area (Å²) < 4.78 is 0. The van der Waals surface area contributed by atoms with Gasteiger partial charge in [0, 0.05) is 24.2 Å². The molecule has 0 unspecified atom stereocenters. The lowest BCUT2D eigenvalue weighted by atomic mass is 10.1. The minimum absolute atomic E-state index is 0.0426. The van der Waals surface area contributed by atoms with E-state index in [-0.39, 0.29) is 17.6 Å². The third-order valence-electron chi connectivity index (χ3n) is 3.71. The number of anilines is 1. The standard InChI is InChI=1S/C16H23N3O3/c1-2-3-4-5-10-17-14-9-6-12(11-15(14)19(21)22)16(20)18-13-7-8-13/h6,9,11,13,17H,2-5,7-8,10H2,1H3,(H,18,20).